The van der Waals surface area contributed by atoms with Gasteiger partial charge in [0.25, 0.3) is 5.91 Å². The summed E-state index contributed by atoms with van der Waals surface area (Å²) in [6.45, 7) is 0.225. The number of benzene rings is 2. The van der Waals surface area contributed by atoms with E-state index in [-0.39, 0.29) is 12.5 Å². The first-order valence-corrected chi connectivity index (χ1v) is 7.30. The van der Waals surface area contributed by atoms with Crippen LogP contribution in [0.5, 0.6) is 0 Å². The predicted molar refractivity (Wildman–Crippen MR) is 86.8 cm³/mol. The van der Waals surface area contributed by atoms with E-state index in [1.807, 2.05) is 60.7 Å². The molecule has 3 N–H and O–H groups in total. The Labute approximate surface area is 128 Å². The van der Waals surface area contributed by atoms with Gasteiger partial charge >= 0.3 is 0 Å². The standard InChI is InChI=1S/C18H18N2O2/c21-15(10-13-6-2-1-3-7-13)12-19-18(22)17-11-14-8-4-5-9-16(14)20-17/h1-9,11,15,20-21H,10,12H2,(H,19,22). The summed E-state index contributed by atoms with van der Waals surface area (Å²) in [4.78, 5) is 15.2. The summed E-state index contributed by atoms with van der Waals surface area (Å²) in [7, 11) is 0. The molecule has 0 bridgehead atoms. The number of H-pyrrole nitrogens is 1. The van der Waals surface area contributed by atoms with Crippen molar-refractivity contribution in [3.63, 3.8) is 0 Å². The summed E-state index contributed by atoms with van der Waals surface area (Å²) in [5.74, 6) is -0.205. The van der Waals surface area contributed by atoms with E-state index in [1.54, 1.807) is 0 Å². The van der Waals surface area contributed by atoms with Gasteiger partial charge in [-0.2, -0.15) is 0 Å². The predicted octanol–water partition coefficient (Wildman–Crippen LogP) is 2.50. The van der Waals surface area contributed by atoms with Crippen molar-refractivity contribution >= 4 is 16.8 Å². The van der Waals surface area contributed by atoms with Gasteiger partial charge in [0.1, 0.15) is 5.69 Å². The van der Waals surface area contributed by atoms with Crippen LogP contribution in [0.1, 0.15) is 16.1 Å². The van der Waals surface area contributed by atoms with Gasteiger partial charge in [0.15, 0.2) is 0 Å². The zero-order valence-electron chi connectivity index (χ0n) is 12.1. The zero-order valence-corrected chi connectivity index (χ0v) is 12.1. The lowest BCUT2D eigenvalue weighted by atomic mass is 10.1. The van der Waals surface area contributed by atoms with Crippen LogP contribution >= 0.6 is 0 Å². The van der Waals surface area contributed by atoms with Crippen LogP contribution in [0, 0.1) is 0 Å². The van der Waals surface area contributed by atoms with Crippen molar-refractivity contribution in [3.05, 3.63) is 71.9 Å². The second kappa shape index (κ2) is 6.45. The lowest BCUT2D eigenvalue weighted by Crippen LogP contribution is -2.33. The molecule has 22 heavy (non-hydrogen) atoms. The van der Waals surface area contributed by atoms with Gasteiger partial charge in [0.2, 0.25) is 0 Å². The summed E-state index contributed by atoms with van der Waals surface area (Å²) in [6.07, 6.45) is -0.0795. The molecule has 0 saturated carbocycles. The molecule has 0 aliphatic carbocycles. The Morgan fingerprint density at radius 2 is 1.82 bits per heavy atom. The van der Waals surface area contributed by atoms with E-state index in [4.69, 9.17) is 0 Å². The molecule has 1 aromatic heterocycles. The first-order valence-electron chi connectivity index (χ1n) is 7.30. The molecule has 1 atom stereocenters. The Morgan fingerprint density at radius 3 is 2.59 bits per heavy atom. The van der Waals surface area contributed by atoms with Crippen LogP contribution in [0.25, 0.3) is 10.9 Å². The number of rotatable bonds is 5. The average Bonchev–Trinajstić information content (AvgIpc) is 2.98. The summed E-state index contributed by atoms with van der Waals surface area (Å²) in [6, 6.07) is 19.3. The minimum Gasteiger partial charge on any atom is -0.391 e. The third-order valence-corrected chi connectivity index (χ3v) is 3.59. The normalized spacial score (nSPS) is 12.2. The lowest BCUT2D eigenvalue weighted by molar-refractivity contribution is 0.0912. The molecule has 0 aliphatic rings. The Balaban J connectivity index is 1.57. The fourth-order valence-electron chi connectivity index (χ4n) is 2.46. The molecule has 1 heterocycles. The molecule has 1 amide bonds. The smallest absolute Gasteiger partial charge is 0.267 e. The van der Waals surface area contributed by atoms with E-state index >= 15 is 0 Å². The highest BCUT2D eigenvalue weighted by Gasteiger charge is 2.11. The minimum absolute atomic E-state index is 0.205. The van der Waals surface area contributed by atoms with E-state index in [9.17, 15) is 9.90 Å². The fourth-order valence-corrected chi connectivity index (χ4v) is 2.46. The molecule has 112 valence electrons. The third-order valence-electron chi connectivity index (χ3n) is 3.59. The number of aromatic nitrogens is 1. The van der Waals surface area contributed by atoms with Gasteiger partial charge in [0.05, 0.1) is 6.10 Å². The first-order chi connectivity index (χ1) is 10.7. The van der Waals surface area contributed by atoms with Crippen molar-refractivity contribution in [2.45, 2.75) is 12.5 Å². The van der Waals surface area contributed by atoms with Gasteiger partial charge in [-0.3, -0.25) is 4.79 Å². The van der Waals surface area contributed by atoms with Crippen LogP contribution in [-0.2, 0) is 6.42 Å². The van der Waals surface area contributed by atoms with Crippen molar-refractivity contribution in [2.75, 3.05) is 6.54 Å². The number of carbonyl (C=O) groups excluding carboxylic acids is 1. The van der Waals surface area contributed by atoms with E-state index in [0.29, 0.717) is 12.1 Å². The maximum Gasteiger partial charge on any atom is 0.267 e. The topological polar surface area (TPSA) is 65.1 Å². The molecule has 2 aromatic carbocycles. The van der Waals surface area contributed by atoms with Crippen molar-refractivity contribution in [1.29, 1.82) is 0 Å². The van der Waals surface area contributed by atoms with Crippen LogP contribution in [-0.4, -0.2) is 28.6 Å². The summed E-state index contributed by atoms with van der Waals surface area (Å²) < 4.78 is 0. The maximum atomic E-state index is 12.1. The summed E-state index contributed by atoms with van der Waals surface area (Å²) >= 11 is 0. The Hall–Kier alpha value is -2.59. The largest absolute Gasteiger partial charge is 0.391 e. The van der Waals surface area contributed by atoms with E-state index < -0.39 is 6.10 Å². The second-order valence-corrected chi connectivity index (χ2v) is 5.32. The second-order valence-electron chi connectivity index (χ2n) is 5.32. The molecule has 0 radical (unpaired) electrons. The molecule has 0 spiro atoms. The first kappa shape index (κ1) is 14.4. The number of hydrogen-bond acceptors (Lipinski definition) is 2. The van der Waals surface area contributed by atoms with Gasteiger partial charge < -0.3 is 15.4 Å². The number of hydrogen-bond donors (Lipinski definition) is 3. The van der Waals surface area contributed by atoms with Crippen LogP contribution in [0.4, 0.5) is 0 Å². The summed E-state index contributed by atoms with van der Waals surface area (Å²) in [5, 5.41) is 13.8. The maximum absolute atomic E-state index is 12.1. The third kappa shape index (κ3) is 3.35. The molecule has 0 fully saturated rings. The Kier molecular flexibility index (Phi) is 4.21. The van der Waals surface area contributed by atoms with Gasteiger partial charge in [-0.15, -0.1) is 0 Å². The summed E-state index contributed by atoms with van der Waals surface area (Å²) in [5.41, 5.74) is 2.49. The highest BCUT2D eigenvalue weighted by atomic mass is 16.3. The highest BCUT2D eigenvalue weighted by molar-refractivity contribution is 5.97. The Morgan fingerprint density at radius 1 is 1.09 bits per heavy atom. The van der Waals surface area contributed by atoms with E-state index in [1.165, 1.54) is 0 Å². The molecule has 3 aromatic rings. The molecule has 4 nitrogen and oxygen atoms in total. The van der Waals surface area contributed by atoms with Crippen LogP contribution in [0.15, 0.2) is 60.7 Å². The average molecular weight is 294 g/mol. The van der Waals surface area contributed by atoms with E-state index in [0.717, 1.165) is 16.5 Å². The van der Waals surface area contributed by atoms with E-state index in [2.05, 4.69) is 10.3 Å². The van der Waals surface area contributed by atoms with Gasteiger partial charge in [0, 0.05) is 23.9 Å². The number of carbonyl (C=O) groups is 1. The number of para-hydroxylation sites is 1. The zero-order chi connectivity index (χ0) is 15.4. The SMILES string of the molecule is O=C(NCC(O)Cc1ccccc1)c1cc2ccccc2[nH]1. The highest BCUT2D eigenvalue weighted by Crippen LogP contribution is 2.14. The molecule has 0 aliphatic heterocycles. The van der Waals surface area contributed by atoms with Crippen molar-refractivity contribution < 1.29 is 9.90 Å². The van der Waals surface area contributed by atoms with Gasteiger partial charge in [-0.1, -0.05) is 48.5 Å². The van der Waals surface area contributed by atoms with Crippen molar-refractivity contribution in [1.82, 2.24) is 10.3 Å². The molecule has 4 heteroatoms. The van der Waals surface area contributed by atoms with Crippen LogP contribution in [0.2, 0.25) is 0 Å². The molecule has 3 rings (SSSR count). The Bertz CT molecular complexity index is 732. The molecular formula is C18H18N2O2. The van der Waals surface area contributed by atoms with Crippen LogP contribution in [0.3, 0.4) is 0 Å². The monoisotopic (exact) mass is 294 g/mol. The number of amides is 1. The molecular weight excluding hydrogens is 276 g/mol. The van der Waals surface area contributed by atoms with Crippen molar-refractivity contribution in [2.24, 2.45) is 0 Å². The molecule has 0 saturated heterocycles. The van der Waals surface area contributed by atoms with Crippen molar-refractivity contribution in [3.8, 4) is 0 Å². The number of aliphatic hydroxyl groups is 1. The number of fused-ring (bicyclic) bond motifs is 1. The number of nitrogens with one attached hydrogen (secondary N) is 2. The number of aromatic amines is 1. The van der Waals surface area contributed by atoms with Gasteiger partial charge in [-0.05, 0) is 17.7 Å². The fraction of sp³-hybridized carbons (Fsp3) is 0.167. The minimum atomic E-state index is -0.601. The lowest BCUT2D eigenvalue weighted by Gasteiger charge is -2.11. The number of aliphatic hydroxyl groups excluding tert-OH is 1. The molecule has 1 unspecified atom stereocenters. The quantitative estimate of drug-likeness (QED) is 0.677. The van der Waals surface area contributed by atoms with Gasteiger partial charge in [-0.25, -0.2) is 0 Å². The van der Waals surface area contributed by atoms with Crippen LogP contribution < -0.4 is 5.32 Å².